The highest BCUT2D eigenvalue weighted by atomic mass is 79.9. The first-order chi connectivity index (χ1) is 10.5. The summed E-state index contributed by atoms with van der Waals surface area (Å²) in [7, 11) is 0. The lowest BCUT2D eigenvalue weighted by molar-refractivity contribution is -0.387. The number of carbonyl (C=O) groups excluding carboxylic acids is 1. The van der Waals surface area contributed by atoms with E-state index in [0.29, 0.717) is 5.69 Å². The average molecular weight is 369 g/mol. The number of aromatic nitrogens is 2. The van der Waals surface area contributed by atoms with Crippen LogP contribution in [0.2, 0.25) is 0 Å². The highest BCUT2D eigenvalue weighted by molar-refractivity contribution is 9.10. The zero-order valence-electron chi connectivity index (χ0n) is 10.9. The first-order valence-electron chi connectivity index (χ1n) is 5.87. The van der Waals surface area contributed by atoms with Crippen LogP contribution in [0.3, 0.4) is 0 Å². The van der Waals surface area contributed by atoms with Gasteiger partial charge in [-0.15, -0.1) is 0 Å². The minimum atomic E-state index is -0.955. The maximum Gasteiger partial charge on any atom is 0.395 e. The second kappa shape index (κ2) is 6.80. The smallest absolute Gasteiger partial charge is 0.395 e. The summed E-state index contributed by atoms with van der Waals surface area (Å²) in [5.41, 5.74) is -1.27. The summed E-state index contributed by atoms with van der Waals surface area (Å²) in [6.07, 6.45) is 0.956. The van der Waals surface area contributed by atoms with E-state index >= 15 is 0 Å². The number of nitrogens with zero attached hydrogens (tertiary/aromatic N) is 2. The zero-order valence-corrected chi connectivity index (χ0v) is 12.5. The Morgan fingerprint density at radius 2 is 2.09 bits per heavy atom. The molecule has 0 unspecified atom stereocenters. The molecule has 10 heteroatoms. The summed E-state index contributed by atoms with van der Waals surface area (Å²) in [5.74, 6) is -1.06. The van der Waals surface area contributed by atoms with Gasteiger partial charge >= 0.3 is 17.1 Å². The Labute approximate surface area is 131 Å². The van der Waals surface area contributed by atoms with Crippen LogP contribution >= 0.6 is 15.9 Å². The van der Waals surface area contributed by atoms with Crippen LogP contribution in [0, 0.1) is 10.1 Å². The molecular weight excluding hydrogens is 360 g/mol. The van der Waals surface area contributed by atoms with Crippen LogP contribution < -0.4 is 15.6 Å². The van der Waals surface area contributed by atoms with Crippen LogP contribution in [0.15, 0.2) is 39.9 Å². The minimum Gasteiger partial charge on any atom is -0.462 e. The zero-order chi connectivity index (χ0) is 16.1. The molecule has 1 aromatic carbocycles. The van der Waals surface area contributed by atoms with E-state index in [-0.39, 0.29) is 0 Å². The maximum atomic E-state index is 11.7. The number of anilines is 1. The monoisotopic (exact) mass is 368 g/mol. The summed E-state index contributed by atoms with van der Waals surface area (Å²) in [6.45, 7) is -0.520. The number of nitrogens with one attached hydrogen (secondary N) is 2. The van der Waals surface area contributed by atoms with Crippen molar-refractivity contribution >= 4 is 33.2 Å². The molecule has 22 heavy (non-hydrogen) atoms. The molecule has 0 atom stereocenters. The lowest BCUT2D eigenvalue weighted by Crippen LogP contribution is -2.22. The lowest BCUT2D eigenvalue weighted by Gasteiger charge is -2.06. The van der Waals surface area contributed by atoms with E-state index in [9.17, 15) is 19.7 Å². The first kappa shape index (κ1) is 15.6. The standard InChI is InChI=1S/C12H9BrN4O5/c13-7-1-3-8(4-2-7)16-9(18)5-22-12-10(17(20)21)11(19)14-6-15-12/h1-4,6H,5H2,(H,16,18)(H,14,15,19). The molecule has 1 aromatic heterocycles. The van der Waals surface area contributed by atoms with Gasteiger partial charge < -0.3 is 15.0 Å². The molecule has 0 aliphatic carbocycles. The third kappa shape index (κ3) is 3.88. The van der Waals surface area contributed by atoms with E-state index in [4.69, 9.17) is 4.74 Å². The predicted octanol–water partition coefficient (Wildman–Crippen LogP) is 1.46. The lowest BCUT2D eigenvalue weighted by atomic mass is 10.3. The molecular formula is C12H9BrN4O5. The third-order valence-electron chi connectivity index (χ3n) is 2.45. The molecule has 2 aromatic rings. The quantitative estimate of drug-likeness (QED) is 0.607. The van der Waals surface area contributed by atoms with Crippen molar-refractivity contribution in [1.29, 1.82) is 0 Å². The van der Waals surface area contributed by atoms with E-state index in [1.165, 1.54) is 0 Å². The van der Waals surface area contributed by atoms with E-state index in [1.807, 2.05) is 0 Å². The summed E-state index contributed by atoms with van der Waals surface area (Å²) < 4.78 is 5.79. The molecule has 114 valence electrons. The van der Waals surface area contributed by atoms with Crippen molar-refractivity contribution in [2.45, 2.75) is 0 Å². The van der Waals surface area contributed by atoms with Gasteiger partial charge in [-0.25, -0.2) is 0 Å². The Kier molecular flexibility index (Phi) is 4.84. The first-order valence-corrected chi connectivity index (χ1v) is 6.67. The van der Waals surface area contributed by atoms with Gasteiger partial charge in [0.25, 0.3) is 5.91 Å². The molecule has 0 radical (unpaired) electrons. The van der Waals surface area contributed by atoms with Crippen molar-refractivity contribution in [1.82, 2.24) is 9.97 Å². The molecule has 1 amide bonds. The Bertz CT molecular complexity index is 759. The average Bonchev–Trinajstić information content (AvgIpc) is 2.47. The maximum absolute atomic E-state index is 11.7. The second-order valence-corrected chi connectivity index (χ2v) is 4.90. The SMILES string of the molecule is O=C(COc1nc[nH]c(=O)c1[N+](=O)[O-])Nc1ccc(Br)cc1. The molecule has 0 bridgehead atoms. The Balaban J connectivity index is 2.03. The normalized spacial score (nSPS) is 10.0. The number of carbonyl (C=O) groups is 1. The number of ether oxygens (including phenoxy) is 1. The third-order valence-corrected chi connectivity index (χ3v) is 2.97. The molecule has 0 spiro atoms. The van der Waals surface area contributed by atoms with Gasteiger partial charge in [0.2, 0.25) is 0 Å². The van der Waals surface area contributed by atoms with Crippen molar-refractivity contribution in [3.63, 3.8) is 0 Å². The van der Waals surface area contributed by atoms with Crippen molar-refractivity contribution in [2.24, 2.45) is 0 Å². The fourth-order valence-electron chi connectivity index (χ4n) is 1.51. The van der Waals surface area contributed by atoms with Crippen molar-refractivity contribution in [2.75, 3.05) is 11.9 Å². The van der Waals surface area contributed by atoms with Gasteiger partial charge in [0.05, 0.1) is 11.3 Å². The number of H-pyrrole nitrogens is 1. The summed E-state index contributed by atoms with van der Waals surface area (Å²) in [6, 6.07) is 6.80. The van der Waals surface area contributed by atoms with E-state index in [0.717, 1.165) is 10.8 Å². The number of aromatic amines is 1. The number of rotatable bonds is 5. The number of benzene rings is 1. The van der Waals surface area contributed by atoms with Crippen LogP contribution in [0.5, 0.6) is 5.88 Å². The van der Waals surface area contributed by atoms with E-state index < -0.39 is 34.6 Å². The fraction of sp³-hybridized carbons (Fsp3) is 0.0833. The predicted molar refractivity (Wildman–Crippen MR) is 79.8 cm³/mol. The van der Waals surface area contributed by atoms with Gasteiger partial charge in [0, 0.05) is 10.2 Å². The van der Waals surface area contributed by atoms with Crippen LogP contribution in [0.25, 0.3) is 0 Å². The van der Waals surface area contributed by atoms with Gasteiger partial charge in [-0.1, -0.05) is 15.9 Å². The van der Waals surface area contributed by atoms with E-state index in [1.54, 1.807) is 24.3 Å². The molecule has 2 rings (SSSR count). The largest absolute Gasteiger partial charge is 0.462 e. The van der Waals surface area contributed by atoms with Gasteiger partial charge in [0.1, 0.15) is 0 Å². The van der Waals surface area contributed by atoms with Gasteiger partial charge in [-0.05, 0) is 24.3 Å². The number of nitro groups is 1. The van der Waals surface area contributed by atoms with Crippen LogP contribution in [0.4, 0.5) is 11.4 Å². The molecule has 0 fully saturated rings. The summed E-state index contributed by atoms with van der Waals surface area (Å²) in [5, 5.41) is 13.3. The number of halogens is 1. The van der Waals surface area contributed by atoms with Gasteiger partial charge in [-0.3, -0.25) is 19.7 Å². The van der Waals surface area contributed by atoms with Gasteiger partial charge in [0.15, 0.2) is 6.61 Å². The summed E-state index contributed by atoms with van der Waals surface area (Å²) in [4.78, 5) is 38.5. The van der Waals surface area contributed by atoms with Crippen LogP contribution in [0.1, 0.15) is 0 Å². The molecule has 0 saturated heterocycles. The molecule has 0 saturated carbocycles. The highest BCUT2D eigenvalue weighted by Gasteiger charge is 2.22. The van der Waals surface area contributed by atoms with Crippen molar-refractivity contribution in [3.8, 4) is 5.88 Å². The molecule has 2 N–H and O–H groups in total. The van der Waals surface area contributed by atoms with Gasteiger partial charge in [-0.2, -0.15) is 4.98 Å². The fourth-order valence-corrected chi connectivity index (χ4v) is 1.77. The summed E-state index contributed by atoms with van der Waals surface area (Å²) >= 11 is 3.26. The Morgan fingerprint density at radius 3 is 2.73 bits per heavy atom. The molecule has 9 nitrogen and oxygen atoms in total. The molecule has 1 heterocycles. The number of hydrogen-bond acceptors (Lipinski definition) is 6. The van der Waals surface area contributed by atoms with Crippen molar-refractivity contribution in [3.05, 3.63) is 55.5 Å². The Morgan fingerprint density at radius 1 is 1.41 bits per heavy atom. The molecule has 0 aliphatic rings. The second-order valence-electron chi connectivity index (χ2n) is 3.99. The number of hydrogen-bond donors (Lipinski definition) is 2. The van der Waals surface area contributed by atoms with Crippen LogP contribution in [-0.2, 0) is 4.79 Å². The minimum absolute atomic E-state index is 0.514. The Hall–Kier alpha value is -2.75. The van der Waals surface area contributed by atoms with Crippen molar-refractivity contribution < 1.29 is 14.5 Å². The highest BCUT2D eigenvalue weighted by Crippen LogP contribution is 2.18. The number of amides is 1. The van der Waals surface area contributed by atoms with E-state index in [2.05, 4.69) is 31.2 Å². The van der Waals surface area contributed by atoms with Crippen LogP contribution in [-0.4, -0.2) is 27.4 Å². The topological polar surface area (TPSA) is 127 Å². The molecule has 0 aliphatic heterocycles.